The Morgan fingerprint density at radius 2 is 1.52 bits per heavy atom. The molecule has 2 aliphatic rings. The molecule has 0 saturated carbocycles. The lowest BCUT2D eigenvalue weighted by Gasteiger charge is -2.48. The first-order chi connectivity index (χ1) is 20.4. The molecule has 11 nitrogen and oxygen atoms in total. The molecule has 5 N–H and O–H groups in total. The van der Waals surface area contributed by atoms with Crippen molar-refractivity contribution in [3.8, 4) is 5.75 Å². The van der Waals surface area contributed by atoms with Crippen LogP contribution in [0.3, 0.4) is 0 Å². The zero-order valence-electron chi connectivity index (χ0n) is 23.4. The molecule has 2 heterocycles. The first kappa shape index (κ1) is 32.9. The van der Waals surface area contributed by atoms with E-state index in [0.717, 1.165) is 10.4 Å². The molecule has 0 spiro atoms. The average Bonchev–Trinajstić information content (AvgIpc) is 2.97. The summed E-state index contributed by atoms with van der Waals surface area (Å²) in [4.78, 5) is 28.4. The number of aliphatic hydroxyl groups excluding tert-OH is 1. The van der Waals surface area contributed by atoms with Crippen LogP contribution in [0.1, 0.15) is 36.1 Å². The van der Waals surface area contributed by atoms with Crippen molar-refractivity contribution in [1.82, 2.24) is 15.4 Å². The van der Waals surface area contributed by atoms with E-state index >= 15 is 4.39 Å². The van der Waals surface area contributed by atoms with E-state index in [0.29, 0.717) is 11.3 Å². The molecule has 236 valence electrons. The van der Waals surface area contributed by atoms with Gasteiger partial charge in [0.15, 0.2) is 0 Å². The number of benzene rings is 3. The van der Waals surface area contributed by atoms with E-state index in [-0.39, 0.29) is 62.4 Å². The van der Waals surface area contributed by atoms with Gasteiger partial charge in [0, 0.05) is 43.5 Å². The van der Waals surface area contributed by atoms with Gasteiger partial charge in [0.05, 0.1) is 18.1 Å². The summed E-state index contributed by atoms with van der Waals surface area (Å²) in [6.07, 6.45) is -1.51. The summed E-state index contributed by atoms with van der Waals surface area (Å²) in [6, 6.07) is 13.4. The van der Waals surface area contributed by atoms with Gasteiger partial charge in [-0.2, -0.15) is 12.7 Å². The first-order valence-corrected chi connectivity index (χ1v) is 14.8. The topological polar surface area (TPSA) is 163 Å². The molecule has 0 aromatic heterocycles. The maximum atomic E-state index is 15.6. The minimum atomic E-state index is -4.38. The predicted octanol–water partition coefficient (Wildman–Crippen LogP) is 4.40. The summed E-state index contributed by atoms with van der Waals surface area (Å²) in [5, 5.41) is 10.6. The van der Waals surface area contributed by atoms with Crippen LogP contribution in [0.25, 0.3) is 0 Å². The highest BCUT2D eigenvalue weighted by Crippen LogP contribution is 2.47. The minimum Gasteiger partial charge on any atom is -0.410 e. The molecule has 0 bridgehead atoms. The third kappa shape index (κ3) is 7.03. The number of ether oxygens (including phenoxy) is 1. The van der Waals surface area contributed by atoms with Crippen molar-refractivity contribution in [1.29, 1.82) is 0 Å². The van der Waals surface area contributed by atoms with E-state index in [9.17, 15) is 31.9 Å². The van der Waals surface area contributed by atoms with E-state index in [1.165, 1.54) is 70.5 Å². The van der Waals surface area contributed by atoms with Gasteiger partial charge in [-0.3, -0.25) is 9.35 Å². The number of rotatable bonds is 8. The van der Waals surface area contributed by atoms with Gasteiger partial charge in [-0.15, -0.1) is 0 Å². The summed E-state index contributed by atoms with van der Waals surface area (Å²) in [6.45, 7) is -0.344. The number of aliphatic hydroxyl groups is 1. The third-order valence-corrected chi connectivity index (χ3v) is 8.66. The summed E-state index contributed by atoms with van der Waals surface area (Å²) in [7, 11) is -4.38. The van der Waals surface area contributed by atoms with Crippen molar-refractivity contribution >= 4 is 28.0 Å². The third-order valence-electron chi connectivity index (χ3n) is 7.64. The Balaban J connectivity index is 0.00000442. The van der Waals surface area contributed by atoms with Crippen LogP contribution in [0.4, 0.5) is 23.7 Å². The molecule has 44 heavy (non-hydrogen) atoms. The number of anilines is 1. The fourth-order valence-electron chi connectivity index (χ4n) is 5.34. The van der Waals surface area contributed by atoms with Gasteiger partial charge in [0.1, 0.15) is 23.2 Å². The number of carbonyl (C=O) groups is 2. The van der Waals surface area contributed by atoms with E-state index in [2.05, 4.69) is 0 Å². The maximum Gasteiger partial charge on any atom is 0.415 e. The molecule has 2 aliphatic heterocycles. The zero-order chi connectivity index (χ0) is 30.9. The molecule has 0 radical (unpaired) electrons. The van der Waals surface area contributed by atoms with E-state index in [1.54, 1.807) is 0 Å². The summed E-state index contributed by atoms with van der Waals surface area (Å²) < 4.78 is 80.2. The number of piperazine rings is 1. The number of halogens is 3. The molecule has 15 heteroatoms. The fourth-order valence-corrected chi connectivity index (χ4v) is 5.97. The Kier molecular flexibility index (Phi) is 9.95. The number of carbonyl (C=O) groups excluding carboxylic acids is 2. The van der Waals surface area contributed by atoms with Crippen LogP contribution in [-0.2, 0) is 15.1 Å². The van der Waals surface area contributed by atoms with Crippen LogP contribution < -0.4 is 15.8 Å². The Morgan fingerprint density at radius 3 is 2.09 bits per heavy atom. The largest absolute Gasteiger partial charge is 0.415 e. The standard InChI is InChI=1S/C29H28F3N3O7S.H3N/c30-19-3-1-18(2-4-19)26(36)12-11-24-27(35(28(24)37)21-7-5-20(31)6-8-21)23-10-9-22(17-25(23)32)42-29(38)33-13-15-34(16-14-33)43(39,40)41;/h1-10,17,24,26-27,36H,11-16H2,(H,39,40,41);1H3/t24-,26+,27-;/m1./s1. The van der Waals surface area contributed by atoms with Crippen LogP contribution >= 0.6 is 0 Å². The van der Waals surface area contributed by atoms with Crippen molar-refractivity contribution < 1.29 is 45.6 Å². The fraction of sp³-hybridized carbons (Fsp3) is 0.310. The van der Waals surface area contributed by atoms with Crippen LogP contribution in [0.5, 0.6) is 5.75 Å². The summed E-state index contributed by atoms with van der Waals surface area (Å²) >= 11 is 0. The predicted molar refractivity (Wildman–Crippen MR) is 153 cm³/mol. The lowest BCUT2D eigenvalue weighted by Crippen LogP contribution is -2.55. The second kappa shape index (κ2) is 13.3. The number of nitrogens with zero attached hydrogens (tertiary/aromatic N) is 3. The van der Waals surface area contributed by atoms with Crippen LogP contribution in [-0.4, -0.2) is 65.5 Å². The van der Waals surface area contributed by atoms with Gasteiger partial charge in [0.2, 0.25) is 5.91 Å². The number of β-lactam (4-membered cyclic amide) rings is 1. The van der Waals surface area contributed by atoms with Gasteiger partial charge >= 0.3 is 16.4 Å². The molecule has 0 unspecified atom stereocenters. The van der Waals surface area contributed by atoms with Gasteiger partial charge in [-0.25, -0.2) is 18.0 Å². The molecular formula is C29H31F3N4O7S. The minimum absolute atomic E-state index is 0. The highest BCUT2D eigenvalue weighted by atomic mass is 32.2. The SMILES string of the molecule is N.O=C(Oc1ccc([C@@H]2[C@@H](CC[C@H](O)c3ccc(F)cc3)C(=O)N2c2ccc(F)cc2)c(F)c1)N1CCN(S(=O)(=O)O)CC1. The number of hydrogen-bond donors (Lipinski definition) is 3. The second-order valence-corrected chi connectivity index (χ2v) is 11.7. The molecule has 2 saturated heterocycles. The van der Waals surface area contributed by atoms with E-state index < -0.39 is 51.9 Å². The molecular weight excluding hydrogens is 605 g/mol. The highest BCUT2D eigenvalue weighted by molar-refractivity contribution is 7.83. The normalized spacial score (nSPS) is 19.6. The van der Waals surface area contributed by atoms with Gasteiger partial charge in [-0.05, 0) is 60.9 Å². The molecule has 2 amide bonds. The molecule has 0 aliphatic carbocycles. The number of amides is 2. The van der Waals surface area contributed by atoms with E-state index in [1.807, 2.05) is 0 Å². The van der Waals surface area contributed by atoms with Crippen LogP contribution in [0.2, 0.25) is 0 Å². The van der Waals surface area contributed by atoms with Crippen molar-refractivity contribution in [2.75, 3.05) is 31.1 Å². The summed E-state index contributed by atoms with van der Waals surface area (Å²) in [5.74, 6) is -2.93. The molecule has 2 fully saturated rings. The Labute approximate surface area is 251 Å². The van der Waals surface area contributed by atoms with Crippen LogP contribution in [0, 0.1) is 23.4 Å². The quantitative estimate of drug-likeness (QED) is 0.242. The van der Waals surface area contributed by atoms with Crippen molar-refractivity contribution in [2.45, 2.75) is 25.0 Å². The van der Waals surface area contributed by atoms with E-state index in [4.69, 9.17) is 9.29 Å². The second-order valence-electron chi connectivity index (χ2n) is 10.3. The van der Waals surface area contributed by atoms with Crippen LogP contribution in [0.15, 0.2) is 66.7 Å². The molecule has 3 aromatic rings. The van der Waals surface area contributed by atoms with Gasteiger partial charge in [0.25, 0.3) is 0 Å². The van der Waals surface area contributed by atoms with Gasteiger partial charge < -0.3 is 25.8 Å². The zero-order valence-corrected chi connectivity index (χ0v) is 24.2. The Hall–Kier alpha value is -4.02. The lowest BCUT2D eigenvalue weighted by atomic mass is 9.78. The highest BCUT2D eigenvalue weighted by Gasteiger charge is 2.49. The van der Waals surface area contributed by atoms with Crippen molar-refractivity contribution in [3.63, 3.8) is 0 Å². The molecule has 5 rings (SSSR count). The maximum absolute atomic E-state index is 15.6. The average molecular weight is 637 g/mol. The Bertz CT molecular complexity index is 1600. The molecule has 3 atom stereocenters. The van der Waals surface area contributed by atoms with Crippen molar-refractivity contribution in [3.05, 3.63) is 95.3 Å². The number of hydrogen-bond acceptors (Lipinski definition) is 7. The lowest BCUT2D eigenvalue weighted by molar-refractivity contribution is -0.131. The smallest absolute Gasteiger partial charge is 0.410 e. The van der Waals surface area contributed by atoms with Crippen molar-refractivity contribution in [2.24, 2.45) is 5.92 Å². The first-order valence-electron chi connectivity index (χ1n) is 13.4. The monoisotopic (exact) mass is 636 g/mol. The molecule has 3 aromatic carbocycles. The van der Waals surface area contributed by atoms with Gasteiger partial charge in [-0.1, -0.05) is 18.2 Å². The Morgan fingerprint density at radius 1 is 0.932 bits per heavy atom. The summed E-state index contributed by atoms with van der Waals surface area (Å²) in [5.41, 5.74) is 0.939.